The number of rotatable bonds is 4. The minimum atomic E-state index is -0.0423. The van der Waals surface area contributed by atoms with Gasteiger partial charge in [-0.15, -0.1) is 0 Å². The van der Waals surface area contributed by atoms with Crippen LogP contribution in [0.25, 0.3) is 0 Å². The number of hydrogen-bond acceptors (Lipinski definition) is 2. The topological polar surface area (TPSA) is 38.3 Å². The van der Waals surface area contributed by atoms with Crippen LogP contribution in [0.2, 0.25) is 0 Å². The molecule has 0 unspecified atom stereocenters. The minimum absolute atomic E-state index is 0.00777. The highest BCUT2D eigenvalue weighted by molar-refractivity contribution is 5.92. The van der Waals surface area contributed by atoms with Crippen LogP contribution in [0, 0.1) is 5.41 Å². The van der Waals surface area contributed by atoms with Crippen LogP contribution >= 0.6 is 0 Å². The Labute approximate surface area is 126 Å². The number of ether oxygens (including phenoxy) is 1. The van der Waals surface area contributed by atoms with E-state index in [0.717, 1.165) is 5.75 Å². The fraction of sp³-hybridized carbons (Fsp3) is 0.278. The molecule has 0 heterocycles. The van der Waals surface area contributed by atoms with Gasteiger partial charge in [-0.2, -0.15) is 0 Å². The van der Waals surface area contributed by atoms with Crippen LogP contribution in [0.15, 0.2) is 54.6 Å². The average Bonchev–Trinajstić information content (AvgIpc) is 2.40. The van der Waals surface area contributed by atoms with Crippen LogP contribution in [-0.4, -0.2) is 5.91 Å². The maximum atomic E-state index is 12.1. The molecule has 2 aromatic carbocycles. The largest absolute Gasteiger partial charge is 0.455 e. The highest BCUT2D eigenvalue weighted by Gasteiger charge is 2.17. The van der Waals surface area contributed by atoms with E-state index in [4.69, 9.17) is 4.74 Å². The van der Waals surface area contributed by atoms with E-state index in [9.17, 15) is 4.79 Å². The smallest absolute Gasteiger partial charge is 0.224 e. The lowest BCUT2D eigenvalue weighted by Crippen LogP contribution is -2.19. The number of para-hydroxylation sites is 3. The van der Waals surface area contributed by atoms with Crippen molar-refractivity contribution in [2.24, 2.45) is 5.41 Å². The van der Waals surface area contributed by atoms with E-state index in [2.05, 4.69) is 5.32 Å². The number of anilines is 1. The highest BCUT2D eigenvalue weighted by Crippen LogP contribution is 2.30. The van der Waals surface area contributed by atoms with Gasteiger partial charge in [-0.05, 0) is 29.7 Å². The van der Waals surface area contributed by atoms with Crippen molar-refractivity contribution in [3.05, 3.63) is 54.6 Å². The number of hydrogen-bond donors (Lipinski definition) is 1. The van der Waals surface area contributed by atoms with E-state index in [1.807, 2.05) is 75.4 Å². The van der Waals surface area contributed by atoms with E-state index in [1.165, 1.54) is 0 Å². The molecule has 0 spiro atoms. The molecule has 2 rings (SSSR count). The monoisotopic (exact) mass is 283 g/mol. The van der Waals surface area contributed by atoms with Crippen molar-refractivity contribution in [1.29, 1.82) is 0 Å². The number of carbonyl (C=O) groups excluding carboxylic acids is 1. The second-order valence-electron chi connectivity index (χ2n) is 6.20. The molecule has 21 heavy (non-hydrogen) atoms. The van der Waals surface area contributed by atoms with Gasteiger partial charge in [-0.25, -0.2) is 0 Å². The van der Waals surface area contributed by atoms with Crippen LogP contribution < -0.4 is 10.1 Å². The molecular formula is C18H21NO2. The van der Waals surface area contributed by atoms with Crippen molar-refractivity contribution < 1.29 is 9.53 Å². The summed E-state index contributed by atoms with van der Waals surface area (Å²) in [6.45, 7) is 6.12. The van der Waals surface area contributed by atoms with Crippen molar-refractivity contribution in [2.75, 3.05) is 5.32 Å². The third-order valence-electron chi connectivity index (χ3n) is 2.82. The van der Waals surface area contributed by atoms with Gasteiger partial charge in [0.25, 0.3) is 0 Å². The van der Waals surface area contributed by atoms with Crippen molar-refractivity contribution >= 4 is 11.6 Å². The Hall–Kier alpha value is -2.29. The highest BCUT2D eigenvalue weighted by atomic mass is 16.5. The van der Waals surface area contributed by atoms with Crippen LogP contribution in [0.3, 0.4) is 0 Å². The predicted molar refractivity (Wildman–Crippen MR) is 85.7 cm³/mol. The van der Waals surface area contributed by atoms with Gasteiger partial charge < -0.3 is 10.1 Å². The Balaban J connectivity index is 2.12. The number of carbonyl (C=O) groups is 1. The molecule has 0 aromatic heterocycles. The van der Waals surface area contributed by atoms with Gasteiger partial charge in [-0.1, -0.05) is 51.1 Å². The standard InChI is InChI=1S/C18H21NO2/c1-18(2,3)13-17(20)19-15-11-7-8-12-16(15)21-14-9-5-4-6-10-14/h4-12H,13H2,1-3H3,(H,19,20). The second-order valence-corrected chi connectivity index (χ2v) is 6.20. The average molecular weight is 283 g/mol. The first-order chi connectivity index (χ1) is 9.94. The summed E-state index contributed by atoms with van der Waals surface area (Å²) in [5, 5.41) is 2.92. The molecule has 3 nitrogen and oxygen atoms in total. The molecule has 2 aromatic rings. The molecule has 0 aliphatic heterocycles. The Bertz CT molecular complexity index is 600. The lowest BCUT2D eigenvalue weighted by Gasteiger charge is -2.18. The molecule has 0 aliphatic carbocycles. The molecule has 1 N–H and O–H groups in total. The summed E-state index contributed by atoms with van der Waals surface area (Å²) in [5.74, 6) is 1.38. The summed E-state index contributed by atoms with van der Waals surface area (Å²) in [7, 11) is 0. The van der Waals surface area contributed by atoms with E-state index in [-0.39, 0.29) is 11.3 Å². The van der Waals surface area contributed by atoms with E-state index in [1.54, 1.807) is 0 Å². The van der Waals surface area contributed by atoms with Gasteiger partial charge in [0.1, 0.15) is 5.75 Å². The number of amides is 1. The molecule has 0 radical (unpaired) electrons. The van der Waals surface area contributed by atoms with Gasteiger partial charge in [0.2, 0.25) is 5.91 Å². The molecule has 110 valence electrons. The van der Waals surface area contributed by atoms with Crippen molar-refractivity contribution in [3.8, 4) is 11.5 Å². The molecule has 0 bridgehead atoms. The molecule has 0 saturated carbocycles. The molecule has 1 amide bonds. The summed E-state index contributed by atoms with van der Waals surface area (Å²) in [6, 6.07) is 17.0. The van der Waals surface area contributed by atoms with Crippen LogP contribution in [-0.2, 0) is 4.79 Å². The fourth-order valence-corrected chi connectivity index (χ4v) is 1.95. The van der Waals surface area contributed by atoms with Gasteiger partial charge in [0.05, 0.1) is 5.69 Å². The van der Waals surface area contributed by atoms with Crippen molar-refractivity contribution in [3.63, 3.8) is 0 Å². The van der Waals surface area contributed by atoms with Crippen LogP contribution in [0.1, 0.15) is 27.2 Å². The molecule has 0 atom stereocenters. The van der Waals surface area contributed by atoms with Crippen LogP contribution in [0.4, 0.5) is 5.69 Å². The summed E-state index contributed by atoms with van der Waals surface area (Å²) in [4.78, 5) is 12.1. The van der Waals surface area contributed by atoms with Gasteiger partial charge in [-0.3, -0.25) is 4.79 Å². The van der Waals surface area contributed by atoms with E-state index >= 15 is 0 Å². The quantitative estimate of drug-likeness (QED) is 0.870. The molecule has 3 heteroatoms. The molecule has 0 saturated heterocycles. The Morgan fingerprint density at radius 2 is 1.62 bits per heavy atom. The first-order valence-electron chi connectivity index (χ1n) is 7.06. The zero-order valence-corrected chi connectivity index (χ0v) is 12.7. The van der Waals surface area contributed by atoms with E-state index in [0.29, 0.717) is 17.9 Å². The van der Waals surface area contributed by atoms with Gasteiger partial charge in [0.15, 0.2) is 5.75 Å². The predicted octanol–water partition coefficient (Wildman–Crippen LogP) is 4.85. The third-order valence-corrected chi connectivity index (χ3v) is 2.82. The molecular weight excluding hydrogens is 262 g/mol. The van der Waals surface area contributed by atoms with Gasteiger partial charge in [0, 0.05) is 6.42 Å². The normalized spacial score (nSPS) is 11.0. The molecule has 0 fully saturated rings. The van der Waals surface area contributed by atoms with Crippen molar-refractivity contribution in [1.82, 2.24) is 0 Å². The van der Waals surface area contributed by atoms with Crippen molar-refractivity contribution in [2.45, 2.75) is 27.2 Å². The van der Waals surface area contributed by atoms with Crippen LogP contribution in [0.5, 0.6) is 11.5 Å². The molecule has 0 aliphatic rings. The first-order valence-corrected chi connectivity index (χ1v) is 7.06. The third kappa shape index (κ3) is 4.95. The Morgan fingerprint density at radius 1 is 1.00 bits per heavy atom. The summed E-state index contributed by atoms with van der Waals surface area (Å²) in [6.07, 6.45) is 0.465. The number of nitrogens with one attached hydrogen (secondary N) is 1. The first kappa shape index (κ1) is 15.1. The number of benzene rings is 2. The zero-order valence-electron chi connectivity index (χ0n) is 12.7. The SMILES string of the molecule is CC(C)(C)CC(=O)Nc1ccccc1Oc1ccccc1. The minimum Gasteiger partial charge on any atom is -0.455 e. The fourth-order valence-electron chi connectivity index (χ4n) is 1.95. The lowest BCUT2D eigenvalue weighted by atomic mass is 9.92. The summed E-state index contributed by atoms with van der Waals surface area (Å²) in [5.41, 5.74) is 0.648. The summed E-state index contributed by atoms with van der Waals surface area (Å²) < 4.78 is 5.83. The Kier molecular flexibility index (Phi) is 4.63. The van der Waals surface area contributed by atoms with Gasteiger partial charge >= 0.3 is 0 Å². The maximum absolute atomic E-state index is 12.1. The van der Waals surface area contributed by atoms with E-state index < -0.39 is 0 Å². The zero-order chi connectivity index (χ0) is 15.3. The lowest BCUT2D eigenvalue weighted by molar-refractivity contribution is -0.117. The maximum Gasteiger partial charge on any atom is 0.224 e. The summed E-state index contributed by atoms with van der Waals surface area (Å²) >= 11 is 0. The second kappa shape index (κ2) is 6.44. The Morgan fingerprint density at radius 3 is 2.29 bits per heavy atom.